The van der Waals surface area contributed by atoms with E-state index in [2.05, 4.69) is 26.0 Å². The van der Waals surface area contributed by atoms with Gasteiger partial charge >= 0.3 is 11.9 Å². The van der Waals surface area contributed by atoms with E-state index in [9.17, 15) is 19.5 Å². The summed E-state index contributed by atoms with van der Waals surface area (Å²) in [4.78, 5) is 37.4. The number of carbonyl (C=O) groups is 3. The number of carboxylic acids is 1. The van der Waals surface area contributed by atoms with Gasteiger partial charge in [-0.2, -0.15) is 0 Å². The second-order valence-electron chi connectivity index (χ2n) is 25.9. The first-order chi connectivity index (χ1) is 39.6. The summed E-state index contributed by atoms with van der Waals surface area (Å²) in [7, 11) is 5.95. The van der Waals surface area contributed by atoms with E-state index >= 15 is 0 Å². The molecule has 0 saturated carbocycles. The molecule has 9 heteroatoms. The molecule has 0 fully saturated rings. The Labute approximate surface area is 504 Å². The number of esters is 2. The first-order valence-electron chi connectivity index (χ1n) is 35.8. The predicted octanol–water partition coefficient (Wildman–Crippen LogP) is 20.7. The van der Waals surface area contributed by atoms with Crippen LogP contribution in [0.2, 0.25) is 0 Å². The van der Waals surface area contributed by atoms with Gasteiger partial charge in [-0.3, -0.25) is 9.59 Å². The molecule has 0 aromatic heterocycles. The normalized spacial score (nSPS) is 12.7. The van der Waals surface area contributed by atoms with Crippen LogP contribution >= 0.6 is 0 Å². The molecule has 0 aromatic rings. The standard InChI is InChI=1S/C72H139NO8/c1-6-8-10-12-14-16-18-20-22-24-26-27-28-29-30-31-32-33-34-35-36-37-38-39-40-41-42-43-45-47-49-51-53-55-57-59-61-63-70(75)81-68(67-80-72(71(76)77)78-65-64-73(3,4)5)66-79-69(74)62-60-58-56-54-52-50-48-46-44-25-23-21-19-17-15-13-11-9-7-2/h24,26,68,72H,6-23,25,27-67H2,1-5H3/b26-24-. The molecule has 2 atom stereocenters. The van der Waals surface area contributed by atoms with Gasteiger partial charge in [0.15, 0.2) is 12.4 Å². The zero-order valence-electron chi connectivity index (χ0n) is 54.9. The third-order valence-corrected chi connectivity index (χ3v) is 16.5. The molecule has 0 N–H and O–H groups in total. The Kier molecular flexibility index (Phi) is 62.5. The lowest BCUT2D eigenvalue weighted by Gasteiger charge is -2.26. The number of ether oxygens (including phenoxy) is 4. The van der Waals surface area contributed by atoms with Gasteiger partial charge in [-0.15, -0.1) is 0 Å². The van der Waals surface area contributed by atoms with E-state index in [0.29, 0.717) is 17.4 Å². The molecule has 9 nitrogen and oxygen atoms in total. The third kappa shape index (κ3) is 65.4. The first kappa shape index (κ1) is 79.0. The van der Waals surface area contributed by atoms with Crippen LogP contribution in [-0.4, -0.2) is 82.3 Å². The Bertz CT molecular complexity index is 1330. The number of aliphatic carboxylic acids is 1. The van der Waals surface area contributed by atoms with Crippen molar-refractivity contribution in [1.29, 1.82) is 0 Å². The summed E-state index contributed by atoms with van der Waals surface area (Å²) >= 11 is 0. The highest BCUT2D eigenvalue weighted by Gasteiger charge is 2.22. The Balaban J connectivity index is 3.96. The number of hydrogen-bond donors (Lipinski definition) is 0. The molecule has 0 aromatic carbocycles. The van der Waals surface area contributed by atoms with Crippen LogP contribution in [0.1, 0.15) is 373 Å². The first-order valence-corrected chi connectivity index (χ1v) is 35.8. The summed E-state index contributed by atoms with van der Waals surface area (Å²) < 4.78 is 22.8. The minimum atomic E-state index is -1.62. The van der Waals surface area contributed by atoms with Crippen LogP contribution in [0.15, 0.2) is 12.2 Å². The number of unbranched alkanes of at least 4 members (excludes halogenated alkanes) is 51. The van der Waals surface area contributed by atoms with Crippen molar-refractivity contribution < 1.29 is 42.9 Å². The van der Waals surface area contributed by atoms with Gasteiger partial charge in [0, 0.05) is 12.8 Å². The molecule has 0 bridgehead atoms. The van der Waals surface area contributed by atoms with E-state index < -0.39 is 24.3 Å². The average Bonchev–Trinajstić information content (AvgIpc) is 3.44. The molecule has 480 valence electrons. The number of nitrogens with zero attached hydrogens (tertiary/aromatic N) is 1. The number of hydrogen-bond acceptors (Lipinski definition) is 8. The van der Waals surface area contributed by atoms with Crippen molar-refractivity contribution in [2.75, 3.05) is 47.5 Å². The molecule has 0 aliphatic heterocycles. The van der Waals surface area contributed by atoms with Crippen molar-refractivity contribution in [1.82, 2.24) is 0 Å². The number of carboxylic acid groups (broad SMARTS) is 1. The highest BCUT2D eigenvalue weighted by Crippen LogP contribution is 2.19. The fourth-order valence-electron chi connectivity index (χ4n) is 11.0. The van der Waals surface area contributed by atoms with E-state index in [1.807, 2.05) is 21.1 Å². The fraction of sp³-hybridized carbons (Fsp3) is 0.931. The van der Waals surface area contributed by atoms with Crippen molar-refractivity contribution in [3.8, 4) is 0 Å². The molecule has 2 unspecified atom stereocenters. The molecule has 0 amide bonds. The lowest BCUT2D eigenvalue weighted by atomic mass is 10.0. The van der Waals surface area contributed by atoms with Crippen LogP contribution in [0.4, 0.5) is 0 Å². The molecule has 0 aliphatic carbocycles. The lowest BCUT2D eigenvalue weighted by Crippen LogP contribution is -2.44. The van der Waals surface area contributed by atoms with E-state index in [0.717, 1.165) is 38.5 Å². The van der Waals surface area contributed by atoms with Crippen molar-refractivity contribution in [2.24, 2.45) is 0 Å². The van der Waals surface area contributed by atoms with Gasteiger partial charge in [0.2, 0.25) is 0 Å². The molecule has 81 heavy (non-hydrogen) atoms. The Morgan fingerprint density at radius 2 is 0.630 bits per heavy atom. The number of carbonyl (C=O) groups excluding carboxylic acids is 3. The van der Waals surface area contributed by atoms with Crippen molar-refractivity contribution in [3.05, 3.63) is 12.2 Å². The van der Waals surface area contributed by atoms with Gasteiger partial charge in [-0.05, 0) is 38.5 Å². The van der Waals surface area contributed by atoms with Crippen molar-refractivity contribution in [3.63, 3.8) is 0 Å². The average molecular weight is 1150 g/mol. The lowest BCUT2D eigenvalue weighted by molar-refractivity contribution is -0.870. The van der Waals surface area contributed by atoms with Crippen LogP contribution in [-0.2, 0) is 33.3 Å². The quantitative estimate of drug-likeness (QED) is 0.0195. The molecular formula is C72H139NO8. The number of quaternary nitrogens is 1. The van der Waals surface area contributed by atoms with Crippen molar-refractivity contribution in [2.45, 2.75) is 386 Å². The van der Waals surface area contributed by atoms with Crippen LogP contribution in [0.25, 0.3) is 0 Å². The fourth-order valence-corrected chi connectivity index (χ4v) is 11.0. The summed E-state index contributed by atoms with van der Waals surface area (Å²) in [5.41, 5.74) is 0. The van der Waals surface area contributed by atoms with E-state index in [-0.39, 0.29) is 32.2 Å². The van der Waals surface area contributed by atoms with Crippen LogP contribution in [0.5, 0.6) is 0 Å². The van der Waals surface area contributed by atoms with Gasteiger partial charge in [-0.1, -0.05) is 334 Å². The Morgan fingerprint density at radius 3 is 0.914 bits per heavy atom. The second-order valence-corrected chi connectivity index (χ2v) is 25.9. The third-order valence-electron chi connectivity index (χ3n) is 16.5. The molecule has 0 radical (unpaired) electrons. The largest absolute Gasteiger partial charge is 0.545 e. The zero-order chi connectivity index (χ0) is 59.1. The summed E-state index contributed by atoms with van der Waals surface area (Å²) in [5.74, 6) is -2.25. The minimum Gasteiger partial charge on any atom is -0.545 e. The molecule has 0 rings (SSSR count). The molecule has 0 spiro atoms. The summed E-state index contributed by atoms with van der Waals surface area (Å²) in [6, 6.07) is 0. The number of likely N-dealkylation sites (N-methyl/N-ethyl adjacent to an activating group) is 1. The van der Waals surface area contributed by atoms with E-state index in [4.69, 9.17) is 18.9 Å². The highest BCUT2D eigenvalue weighted by atomic mass is 16.7. The van der Waals surface area contributed by atoms with Crippen LogP contribution < -0.4 is 5.11 Å². The molecule has 0 saturated heterocycles. The monoisotopic (exact) mass is 1150 g/mol. The Morgan fingerprint density at radius 1 is 0.358 bits per heavy atom. The topological polar surface area (TPSA) is 111 Å². The van der Waals surface area contributed by atoms with E-state index in [1.54, 1.807) is 0 Å². The van der Waals surface area contributed by atoms with Gasteiger partial charge in [0.25, 0.3) is 0 Å². The summed E-state index contributed by atoms with van der Waals surface area (Å²) in [6.45, 7) is 4.83. The van der Waals surface area contributed by atoms with Crippen LogP contribution in [0, 0.1) is 0 Å². The van der Waals surface area contributed by atoms with Gasteiger partial charge in [-0.25, -0.2) is 0 Å². The number of rotatable bonds is 68. The Hall–Kier alpha value is -1.97. The SMILES string of the molecule is CCCCCCCCCC/C=C\CCCCCCCCCCCCCCCCCCCCCCCCCCCC(=O)OC(COC(=O)CCCCCCCCCCCCCCCCCCCCC)COC(OCC[N+](C)(C)C)C(=O)[O-]. The van der Waals surface area contributed by atoms with Gasteiger partial charge < -0.3 is 33.3 Å². The van der Waals surface area contributed by atoms with Gasteiger partial charge in [0.05, 0.1) is 40.3 Å². The predicted molar refractivity (Wildman–Crippen MR) is 343 cm³/mol. The maximum absolute atomic E-state index is 12.9. The smallest absolute Gasteiger partial charge is 0.306 e. The maximum Gasteiger partial charge on any atom is 0.306 e. The highest BCUT2D eigenvalue weighted by molar-refractivity contribution is 5.70. The van der Waals surface area contributed by atoms with Crippen molar-refractivity contribution >= 4 is 17.9 Å². The van der Waals surface area contributed by atoms with E-state index in [1.165, 1.54) is 308 Å². The van der Waals surface area contributed by atoms with Gasteiger partial charge in [0.1, 0.15) is 13.2 Å². The summed E-state index contributed by atoms with van der Waals surface area (Å²) in [6.07, 6.45) is 74.6. The minimum absolute atomic E-state index is 0.153. The summed E-state index contributed by atoms with van der Waals surface area (Å²) in [5, 5.41) is 11.8. The number of allylic oxidation sites excluding steroid dienone is 2. The molecule has 0 heterocycles. The maximum atomic E-state index is 12.9. The van der Waals surface area contributed by atoms with Crippen LogP contribution in [0.3, 0.4) is 0 Å². The zero-order valence-corrected chi connectivity index (χ0v) is 54.9. The second kappa shape index (κ2) is 64.0. The molecule has 0 aliphatic rings. The molecular weight excluding hydrogens is 1010 g/mol.